The first-order valence-electron chi connectivity index (χ1n) is 6.33. The maximum atomic E-state index is 10.1. The molecule has 0 radical (unpaired) electrons. The summed E-state index contributed by atoms with van der Waals surface area (Å²) < 4.78 is 0. The van der Waals surface area contributed by atoms with Crippen LogP contribution in [0.2, 0.25) is 0 Å². The summed E-state index contributed by atoms with van der Waals surface area (Å²) >= 11 is 1.64. The van der Waals surface area contributed by atoms with Crippen LogP contribution in [0, 0.1) is 6.92 Å². The highest BCUT2D eigenvalue weighted by molar-refractivity contribution is 7.99. The molecule has 0 bridgehead atoms. The van der Waals surface area contributed by atoms with Crippen LogP contribution in [-0.4, -0.2) is 16.8 Å². The number of hydrogen-bond donors (Lipinski definition) is 2. The fraction of sp³-hybridized carbons (Fsp3) is 0.250. The minimum atomic E-state index is -0.612. The van der Waals surface area contributed by atoms with Gasteiger partial charge in [-0.3, -0.25) is 0 Å². The van der Waals surface area contributed by atoms with Crippen LogP contribution in [0.4, 0.5) is 0 Å². The van der Waals surface area contributed by atoms with Crippen LogP contribution in [0.15, 0.2) is 58.3 Å². The van der Waals surface area contributed by atoms with E-state index in [1.807, 2.05) is 24.3 Å². The Balaban J connectivity index is 2.22. The lowest BCUT2D eigenvalue weighted by molar-refractivity contribution is 0.132. The summed E-state index contributed by atoms with van der Waals surface area (Å²) in [6, 6.07) is 16.1. The molecule has 0 aliphatic heterocycles. The van der Waals surface area contributed by atoms with Crippen molar-refractivity contribution in [2.45, 2.75) is 29.2 Å². The largest absolute Gasteiger partial charge is 0.396 e. The second-order valence-electron chi connectivity index (χ2n) is 4.48. The molecular weight excluding hydrogens is 256 g/mol. The van der Waals surface area contributed by atoms with E-state index in [1.165, 1.54) is 5.56 Å². The Labute approximate surface area is 118 Å². The molecule has 19 heavy (non-hydrogen) atoms. The van der Waals surface area contributed by atoms with Crippen molar-refractivity contribution in [3.8, 4) is 0 Å². The zero-order valence-corrected chi connectivity index (χ0v) is 11.7. The smallest absolute Gasteiger partial charge is 0.0822 e. The van der Waals surface area contributed by atoms with Gasteiger partial charge in [-0.25, -0.2) is 0 Å². The standard InChI is InChI=1S/C16H18O2S/c1-12-6-8-13(9-7-12)19-16-5-3-2-4-14(16)15(18)10-11-17/h2-9,15,17-18H,10-11H2,1H3/t15-/m1/s1. The number of aliphatic hydroxyl groups is 2. The van der Waals surface area contributed by atoms with Crippen molar-refractivity contribution in [1.29, 1.82) is 0 Å². The first kappa shape index (κ1) is 14.1. The zero-order valence-electron chi connectivity index (χ0n) is 10.9. The van der Waals surface area contributed by atoms with E-state index in [0.717, 1.165) is 15.4 Å². The summed E-state index contributed by atoms with van der Waals surface area (Å²) in [7, 11) is 0. The average molecular weight is 274 g/mol. The number of benzene rings is 2. The lowest BCUT2D eigenvalue weighted by atomic mass is 10.1. The molecule has 0 fully saturated rings. The summed E-state index contributed by atoms with van der Waals surface area (Å²) in [5.41, 5.74) is 2.11. The summed E-state index contributed by atoms with van der Waals surface area (Å²) in [5.74, 6) is 0. The Morgan fingerprint density at radius 1 is 1.05 bits per heavy atom. The van der Waals surface area contributed by atoms with Crippen LogP contribution < -0.4 is 0 Å². The van der Waals surface area contributed by atoms with Crippen LogP contribution >= 0.6 is 11.8 Å². The molecule has 2 rings (SSSR count). The van der Waals surface area contributed by atoms with Crippen molar-refractivity contribution < 1.29 is 10.2 Å². The SMILES string of the molecule is Cc1ccc(Sc2ccccc2[C@H](O)CCO)cc1. The third-order valence-corrected chi connectivity index (χ3v) is 4.03. The van der Waals surface area contributed by atoms with Gasteiger partial charge in [0.25, 0.3) is 0 Å². The Bertz CT molecular complexity index is 523. The quantitative estimate of drug-likeness (QED) is 0.876. The van der Waals surface area contributed by atoms with Crippen LogP contribution in [0.3, 0.4) is 0 Å². The van der Waals surface area contributed by atoms with Crippen LogP contribution in [0.1, 0.15) is 23.7 Å². The van der Waals surface area contributed by atoms with E-state index >= 15 is 0 Å². The van der Waals surface area contributed by atoms with E-state index in [0.29, 0.717) is 6.42 Å². The van der Waals surface area contributed by atoms with E-state index in [2.05, 4.69) is 31.2 Å². The van der Waals surface area contributed by atoms with E-state index in [1.54, 1.807) is 11.8 Å². The zero-order chi connectivity index (χ0) is 13.7. The number of rotatable bonds is 5. The minimum Gasteiger partial charge on any atom is -0.396 e. The molecule has 0 unspecified atom stereocenters. The van der Waals surface area contributed by atoms with Crippen molar-refractivity contribution >= 4 is 11.8 Å². The van der Waals surface area contributed by atoms with Gasteiger partial charge in [0.05, 0.1) is 6.10 Å². The predicted molar refractivity (Wildman–Crippen MR) is 78.4 cm³/mol. The number of aryl methyl sites for hydroxylation is 1. The Kier molecular flexibility index (Phi) is 5.02. The van der Waals surface area contributed by atoms with Gasteiger partial charge in [-0.1, -0.05) is 47.7 Å². The molecule has 3 heteroatoms. The Hall–Kier alpha value is -1.29. The summed E-state index contributed by atoms with van der Waals surface area (Å²) in [5, 5.41) is 19.0. The maximum Gasteiger partial charge on any atom is 0.0822 e. The third kappa shape index (κ3) is 3.83. The maximum absolute atomic E-state index is 10.1. The van der Waals surface area contributed by atoms with Crippen molar-refractivity contribution in [3.05, 3.63) is 59.7 Å². The molecule has 0 saturated heterocycles. The minimum absolute atomic E-state index is 0.00923. The molecule has 0 spiro atoms. The highest BCUT2D eigenvalue weighted by atomic mass is 32.2. The van der Waals surface area contributed by atoms with Gasteiger partial charge in [-0.05, 0) is 30.7 Å². The van der Waals surface area contributed by atoms with Gasteiger partial charge in [-0.15, -0.1) is 0 Å². The fourth-order valence-corrected chi connectivity index (χ4v) is 2.85. The fourth-order valence-electron chi connectivity index (χ4n) is 1.86. The molecular formula is C16H18O2S. The van der Waals surface area contributed by atoms with Crippen molar-refractivity contribution in [1.82, 2.24) is 0 Å². The van der Waals surface area contributed by atoms with Gasteiger partial charge >= 0.3 is 0 Å². The molecule has 0 amide bonds. The van der Waals surface area contributed by atoms with Crippen molar-refractivity contribution in [3.63, 3.8) is 0 Å². The van der Waals surface area contributed by atoms with Crippen molar-refractivity contribution in [2.24, 2.45) is 0 Å². The normalized spacial score (nSPS) is 12.4. The molecule has 0 aliphatic rings. The Morgan fingerprint density at radius 3 is 2.42 bits per heavy atom. The highest BCUT2D eigenvalue weighted by Gasteiger charge is 2.12. The van der Waals surface area contributed by atoms with Gasteiger partial charge in [0.2, 0.25) is 0 Å². The van der Waals surface area contributed by atoms with Gasteiger partial charge < -0.3 is 10.2 Å². The molecule has 0 aliphatic carbocycles. The second kappa shape index (κ2) is 6.75. The molecule has 2 aromatic rings. The van der Waals surface area contributed by atoms with E-state index < -0.39 is 6.10 Å². The molecule has 0 aromatic heterocycles. The first-order valence-corrected chi connectivity index (χ1v) is 7.14. The summed E-state index contributed by atoms with van der Waals surface area (Å²) in [6.45, 7) is 2.05. The van der Waals surface area contributed by atoms with Crippen molar-refractivity contribution in [2.75, 3.05) is 6.61 Å². The van der Waals surface area contributed by atoms with E-state index in [9.17, 15) is 5.11 Å². The van der Waals surface area contributed by atoms with Gasteiger partial charge in [0.1, 0.15) is 0 Å². The lowest BCUT2D eigenvalue weighted by Gasteiger charge is -2.14. The number of hydrogen-bond acceptors (Lipinski definition) is 3. The Morgan fingerprint density at radius 2 is 1.74 bits per heavy atom. The van der Waals surface area contributed by atoms with E-state index in [-0.39, 0.29) is 6.61 Å². The average Bonchev–Trinajstić information content (AvgIpc) is 2.42. The lowest BCUT2D eigenvalue weighted by Crippen LogP contribution is -2.01. The predicted octanol–water partition coefficient (Wildman–Crippen LogP) is 3.56. The molecule has 2 N–H and O–H groups in total. The highest BCUT2D eigenvalue weighted by Crippen LogP contribution is 2.34. The third-order valence-electron chi connectivity index (χ3n) is 2.93. The summed E-state index contributed by atoms with van der Waals surface area (Å²) in [4.78, 5) is 2.18. The van der Waals surface area contributed by atoms with Crippen LogP contribution in [-0.2, 0) is 0 Å². The molecule has 100 valence electrons. The molecule has 2 nitrogen and oxygen atoms in total. The van der Waals surface area contributed by atoms with Crippen LogP contribution in [0.25, 0.3) is 0 Å². The van der Waals surface area contributed by atoms with Crippen LogP contribution in [0.5, 0.6) is 0 Å². The van der Waals surface area contributed by atoms with E-state index in [4.69, 9.17) is 5.11 Å². The molecule has 0 heterocycles. The first-order chi connectivity index (χ1) is 9.20. The van der Waals surface area contributed by atoms with Gasteiger partial charge in [0, 0.05) is 22.8 Å². The molecule has 1 atom stereocenters. The monoisotopic (exact) mass is 274 g/mol. The number of aliphatic hydroxyl groups excluding tert-OH is 2. The van der Waals surface area contributed by atoms with Gasteiger partial charge in [-0.2, -0.15) is 0 Å². The summed E-state index contributed by atoms with van der Waals surface area (Å²) in [6.07, 6.45) is -0.245. The topological polar surface area (TPSA) is 40.5 Å². The molecule has 2 aromatic carbocycles. The molecule has 0 saturated carbocycles. The second-order valence-corrected chi connectivity index (χ2v) is 5.60. The van der Waals surface area contributed by atoms with Gasteiger partial charge in [0.15, 0.2) is 0 Å².